The number of carbonyl (C=O) groups excluding carboxylic acids is 1. The first-order valence-electron chi connectivity index (χ1n) is 8.25. The third kappa shape index (κ3) is 3.78. The molecule has 0 saturated carbocycles. The van der Waals surface area contributed by atoms with Gasteiger partial charge in [0.15, 0.2) is 0 Å². The Hall–Kier alpha value is -2.51. The van der Waals surface area contributed by atoms with E-state index >= 15 is 0 Å². The van der Waals surface area contributed by atoms with Crippen LogP contribution in [0.15, 0.2) is 42.5 Å². The van der Waals surface area contributed by atoms with Crippen molar-refractivity contribution in [3.05, 3.63) is 53.1 Å². The van der Waals surface area contributed by atoms with Gasteiger partial charge >= 0.3 is 0 Å². The zero-order valence-electron chi connectivity index (χ0n) is 14.0. The van der Waals surface area contributed by atoms with Crippen molar-refractivity contribution >= 4 is 17.5 Å². The van der Waals surface area contributed by atoms with Gasteiger partial charge in [0.1, 0.15) is 5.75 Å². The summed E-state index contributed by atoms with van der Waals surface area (Å²) in [6.07, 6.45) is 1.73. The summed E-state index contributed by atoms with van der Waals surface area (Å²) < 4.78 is 5.41. The fourth-order valence-electron chi connectivity index (χ4n) is 3.18. The second-order valence-corrected chi connectivity index (χ2v) is 6.58. The number of hydrogen-bond donors (Lipinski definition) is 0. The van der Waals surface area contributed by atoms with Crippen molar-refractivity contribution < 1.29 is 9.53 Å². The standard InChI is InChI=1S/C20H19ClN2O2/c1-25-19-8-7-17(21)11-18(19)15-5-2-6-16(10-15)20(24)23-9-3-4-14(12-22)13-23/h2,5-8,10-11,14H,3-4,9,13H2,1H3/t14-/m0/s1. The zero-order valence-corrected chi connectivity index (χ0v) is 14.8. The predicted octanol–water partition coefficient (Wildman–Crippen LogP) is 4.39. The number of piperidine rings is 1. The van der Waals surface area contributed by atoms with Crippen LogP contribution in [0.25, 0.3) is 11.1 Å². The molecule has 0 N–H and O–H groups in total. The smallest absolute Gasteiger partial charge is 0.253 e. The van der Waals surface area contributed by atoms with Crippen LogP contribution < -0.4 is 4.74 Å². The van der Waals surface area contributed by atoms with E-state index in [1.165, 1.54) is 0 Å². The number of benzene rings is 2. The molecule has 3 rings (SSSR count). The minimum atomic E-state index is -0.0751. The maximum atomic E-state index is 12.8. The number of nitriles is 1. The highest BCUT2D eigenvalue weighted by molar-refractivity contribution is 6.31. The molecule has 1 atom stereocenters. The van der Waals surface area contributed by atoms with E-state index in [2.05, 4.69) is 6.07 Å². The molecule has 5 heteroatoms. The van der Waals surface area contributed by atoms with E-state index in [0.717, 1.165) is 24.0 Å². The Balaban J connectivity index is 1.91. The lowest BCUT2D eigenvalue weighted by Gasteiger charge is -2.29. The SMILES string of the molecule is COc1ccc(Cl)cc1-c1cccc(C(=O)N2CCC[C@@H](C#N)C2)c1. The first-order chi connectivity index (χ1) is 12.1. The molecule has 0 aromatic heterocycles. The van der Waals surface area contributed by atoms with Crippen LogP contribution in [0, 0.1) is 17.2 Å². The summed E-state index contributed by atoms with van der Waals surface area (Å²) in [6.45, 7) is 1.20. The third-order valence-electron chi connectivity index (χ3n) is 4.47. The maximum Gasteiger partial charge on any atom is 0.253 e. The van der Waals surface area contributed by atoms with Crippen molar-refractivity contribution in [2.75, 3.05) is 20.2 Å². The van der Waals surface area contributed by atoms with Gasteiger partial charge < -0.3 is 9.64 Å². The fraction of sp³-hybridized carbons (Fsp3) is 0.300. The van der Waals surface area contributed by atoms with Crippen LogP contribution in [-0.4, -0.2) is 31.0 Å². The Morgan fingerprint density at radius 3 is 2.92 bits per heavy atom. The normalized spacial score (nSPS) is 17.0. The highest BCUT2D eigenvalue weighted by atomic mass is 35.5. The number of carbonyl (C=O) groups is 1. The quantitative estimate of drug-likeness (QED) is 0.821. The van der Waals surface area contributed by atoms with Crippen LogP contribution in [-0.2, 0) is 0 Å². The largest absolute Gasteiger partial charge is 0.496 e. The van der Waals surface area contributed by atoms with Crippen LogP contribution in [0.2, 0.25) is 5.02 Å². The number of nitrogens with zero attached hydrogens (tertiary/aromatic N) is 2. The molecule has 0 aliphatic carbocycles. The summed E-state index contributed by atoms with van der Waals surface area (Å²) in [6, 6.07) is 15.1. The molecular formula is C20H19ClN2O2. The molecule has 1 fully saturated rings. The van der Waals surface area contributed by atoms with Gasteiger partial charge in [0.2, 0.25) is 0 Å². The lowest BCUT2D eigenvalue weighted by molar-refractivity contribution is 0.0699. The van der Waals surface area contributed by atoms with E-state index in [1.54, 1.807) is 24.1 Å². The highest BCUT2D eigenvalue weighted by Gasteiger charge is 2.24. The summed E-state index contributed by atoms with van der Waals surface area (Å²) in [5, 5.41) is 9.73. The van der Waals surface area contributed by atoms with E-state index in [9.17, 15) is 4.79 Å². The van der Waals surface area contributed by atoms with E-state index in [1.807, 2.05) is 30.3 Å². The van der Waals surface area contributed by atoms with Crippen LogP contribution in [0.1, 0.15) is 23.2 Å². The molecule has 1 heterocycles. The third-order valence-corrected chi connectivity index (χ3v) is 4.71. The van der Waals surface area contributed by atoms with Gasteiger partial charge in [-0.25, -0.2) is 0 Å². The number of halogens is 1. The van der Waals surface area contributed by atoms with Gasteiger partial charge in [-0.2, -0.15) is 5.26 Å². The van der Waals surface area contributed by atoms with Crippen molar-refractivity contribution in [1.29, 1.82) is 5.26 Å². The van der Waals surface area contributed by atoms with Gasteiger partial charge in [0.25, 0.3) is 5.91 Å². The summed E-state index contributed by atoms with van der Waals surface area (Å²) in [5.41, 5.74) is 2.33. The molecule has 1 aliphatic heterocycles. The van der Waals surface area contributed by atoms with Gasteiger partial charge in [0.05, 0.1) is 19.1 Å². The molecule has 1 amide bonds. The Labute approximate surface area is 152 Å². The molecule has 4 nitrogen and oxygen atoms in total. The first kappa shape index (κ1) is 17.3. The van der Waals surface area contributed by atoms with E-state index < -0.39 is 0 Å². The Bertz CT molecular complexity index is 829. The van der Waals surface area contributed by atoms with Crippen molar-refractivity contribution in [2.24, 2.45) is 5.92 Å². The molecule has 1 aliphatic rings. The lowest BCUT2D eigenvalue weighted by Crippen LogP contribution is -2.39. The number of rotatable bonds is 3. The zero-order chi connectivity index (χ0) is 17.8. The summed E-state index contributed by atoms with van der Waals surface area (Å²) in [4.78, 5) is 14.6. The lowest BCUT2D eigenvalue weighted by atomic mass is 9.98. The van der Waals surface area contributed by atoms with Gasteiger partial charge in [-0.15, -0.1) is 0 Å². The Morgan fingerprint density at radius 1 is 1.32 bits per heavy atom. The van der Waals surface area contributed by atoms with E-state index in [-0.39, 0.29) is 11.8 Å². The molecule has 1 saturated heterocycles. The van der Waals surface area contributed by atoms with Crippen LogP contribution in [0.5, 0.6) is 5.75 Å². The number of ether oxygens (including phenoxy) is 1. The maximum absolute atomic E-state index is 12.8. The average Bonchev–Trinajstić information content (AvgIpc) is 2.67. The van der Waals surface area contributed by atoms with Gasteiger partial charge in [0, 0.05) is 29.2 Å². The summed E-state index contributed by atoms with van der Waals surface area (Å²) >= 11 is 6.12. The van der Waals surface area contributed by atoms with Gasteiger partial charge in [-0.1, -0.05) is 23.7 Å². The highest BCUT2D eigenvalue weighted by Crippen LogP contribution is 2.33. The second-order valence-electron chi connectivity index (χ2n) is 6.14. The van der Waals surface area contributed by atoms with Crippen molar-refractivity contribution in [2.45, 2.75) is 12.8 Å². The Kier molecular flexibility index (Phi) is 5.25. The molecule has 128 valence electrons. The van der Waals surface area contributed by atoms with E-state index in [4.69, 9.17) is 21.6 Å². The molecule has 2 aromatic rings. The number of amides is 1. The minimum Gasteiger partial charge on any atom is -0.496 e. The topological polar surface area (TPSA) is 53.3 Å². The number of likely N-dealkylation sites (tertiary alicyclic amines) is 1. The van der Waals surface area contributed by atoms with Crippen LogP contribution in [0.4, 0.5) is 0 Å². The van der Waals surface area contributed by atoms with Crippen molar-refractivity contribution in [3.63, 3.8) is 0 Å². The molecule has 25 heavy (non-hydrogen) atoms. The summed E-state index contributed by atoms with van der Waals surface area (Å²) in [5.74, 6) is 0.591. The molecular weight excluding hydrogens is 336 g/mol. The summed E-state index contributed by atoms with van der Waals surface area (Å²) in [7, 11) is 1.61. The number of hydrogen-bond acceptors (Lipinski definition) is 3. The average molecular weight is 355 g/mol. The van der Waals surface area contributed by atoms with Crippen molar-refractivity contribution in [1.82, 2.24) is 4.90 Å². The van der Waals surface area contributed by atoms with Gasteiger partial charge in [-0.05, 0) is 48.7 Å². The van der Waals surface area contributed by atoms with Crippen molar-refractivity contribution in [3.8, 4) is 22.9 Å². The predicted molar refractivity (Wildman–Crippen MR) is 97.7 cm³/mol. The van der Waals surface area contributed by atoms with Gasteiger partial charge in [-0.3, -0.25) is 4.79 Å². The first-order valence-corrected chi connectivity index (χ1v) is 8.63. The van der Waals surface area contributed by atoms with E-state index in [0.29, 0.717) is 29.4 Å². The molecule has 0 spiro atoms. The number of methoxy groups -OCH3 is 1. The second kappa shape index (κ2) is 7.58. The minimum absolute atomic E-state index is 0.0391. The molecule has 0 radical (unpaired) electrons. The fourth-order valence-corrected chi connectivity index (χ4v) is 3.35. The monoisotopic (exact) mass is 354 g/mol. The Morgan fingerprint density at radius 2 is 2.16 bits per heavy atom. The molecule has 0 bridgehead atoms. The molecule has 0 unspecified atom stereocenters. The van der Waals surface area contributed by atoms with Crippen LogP contribution >= 0.6 is 11.6 Å². The molecule has 2 aromatic carbocycles. The van der Waals surface area contributed by atoms with Crippen LogP contribution in [0.3, 0.4) is 0 Å².